The molecule has 0 aromatic carbocycles. The Kier molecular flexibility index (Phi) is 7.60. The molecule has 3 nitrogen and oxygen atoms in total. The fraction of sp³-hybridized carbons (Fsp3) is 0.917. The van der Waals surface area contributed by atoms with E-state index in [2.05, 4.69) is 37.7 Å². The van der Waals surface area contributed by atoms with E-state index in [9.17, 15) is 4.79 Å². The SMILES string of the molecule is CC(C)(C)CCOCCNC(=O)C(C)(C)SS. The van der Waals surface area contributed by atoms with Crippen LogP contribution in [-0.4, -0.2) is 30.4 Å². The van der Waals surface area contributed by atoms with Gasteiger partial charge in [-0.25, -0.2) is 0 Å². The second-order valence-electron chi connectivity index (χ2n) is 5.78. The van der Waals surface area contributed by atoms with Crippen molar-refractivity contribution < 1.29 is 9.53 Å². The molecule has 1 N–H and O–H groups in total. The van der Waals surface area contributed by atoms with E-state index in [1.165, 1.54) is 10.8 Å². The number of nitrogens with one attached hydrogen (secondary N) is 1. The van der Waals surface area contributed by atoms with Crippen LogP contribution >= 0.6 is 22.5 Å². The number of carbonyl (C=O) groups excluding carboxylic acids is 1. The van der Waals surface area contributed by atoms with Gasteiger partial charge in [0.05, 0.1) is 11.4 Å². The molecule has 0 radical (unpaired) electrons. The zero-order valence-electron chi connectivity index (χ0n) is 11.5. The van der Waals surface area contributed by atoms with Crippen LogP contribution < -0.4 is 5.32 Å². The van der Waals surface area contributed by atoms with Crippen molar-refractivity contribution in [3.63, 3.8) is 0 Å². The summed E-state index contributed by atoms with van der Waals surface area (Å²) in [4.78, 5) is 11.7. The fourth-order valence-corrected chi connectivity index (χ4v) is 1.38. The molecule has 5 heteroatoms. The van der Waals surface area contributed by atoms with Crippen LogP contribution in [0.3, 0.4) is 0 Å². The van der Waals surface area contributed by atoms with E-state index < -0.39 is 4.75 Å². The maximum absolute atomic E-state index is 11.7. The first-order valence-electron chi connectivity index (χ1n) is 5.88. The number of carbonyl (C=O) groups is 1. The van der Waals surface area contributed by atoms with Gasteiger partial charge < -0.3 is 10.1 Å². The molecule has 0 bridgehead atoms. The fourth-order valence-electron chi connectivity index (χ4n) is 0.971. The van der Waals surface area contributed by atoms with E-state index in [4.69, 9.17) is 4.74 Å². The maximum Gasteiger partial charge on any atom is 0.236 e. The third kappa shape index (κ3) is 8.80. The van der Waals surface area contributed by atoms with Crippen molar-refractivity contribution >= 4 is 28.4 Å². The zero-order valence-corrected chi connectivity index (χ0v) is 13.2. The Balaban J connectivity index is 3.56. The molecule has 0 aliphatic heterocycles. The van der Waals surface area contributed by atoms with Gasteiger partial charge in [0.15, 0.2) is 0 Å². The van der Waals surface area contributed by atoms with Gasteiger partial charge in [-0.1, -0.05) is 31.6 Å². The molecule has 0 saturated heterocycles. The molecule has 17 heavy (non-hydrogen) atoms. The largest absolute Gasteiger partial charge is 0.380 e. The van der Waals surface area contributed by atoms with E-state index in [-0.39, 0.29) is 5.91 Å². The van der Waals surface area contributed by atoms with Gasteiger partial charge in [-0.2, -0.15) is 0 Å². The lowest BCUT2D eigenvalue weighted by atomic mass is 9.93. The Labute approximate surface area is 114 Å². The Morgan fingerprint density at radius 1 is 1.24 bits per heavy atom. The Morgan fingerprint density at radius 3 is 2.29 bits per heavy atom. The van der Waals surface area contributed by atoms with Gasteiger partial charge in [0.1, 0.15) is 0 Å². The van der Waals surface area contributed by atoms with Crippen molar-refractivity contribution in [2.24, 2.45) is 5.41 Å². The summed E-state index contributed by atoms with van der Waals surface area (Å²) in [5, 5.41) is 2.84. The molecule has 1 amide bonds. The van der Waals surface area contributed by atoms with Crippen LogP contribution in [0.2, 0.25) is 0 Å². The smallest absolute Gasteiger partial charge is 0.236 e. The lowest BCUT2D eigenvalue weighted by molar-refractivity contribution is -0.122. The topological polar surface area (TPSA) is 38.3 Å². The summed E-state index contributed by atoms with van der Waals surface area (Å²) < 4.78 is 4.97. The molecule has 0 aromatic heterocycles. The number of rotatable bonds is 7. The molecule has 0 spiro atoms. The quantitative estimate of drug-likeness (QED) is 0.427. The van der Waals surface area contributed by atoms with Crippen LogP contribution in [-0.2, 0) is 9.53 Å². The van der Waals surface area contributed by atoms with Crippen molar-refractivity contribution in [3.05, 3.63) is 0 Å². The minimum absolute atomic E-state index is 0.00285. The van der Waals surface area contributed by atoms with Crippen LogP contribution in [0.1, 0.15) is 41.0 Å². The molecule has 0 aromatic rings. The molecule has 102 valence electrons. The summed E-state index contributed by atoms with van der Waals surface area (Å²) in [6, 6.07) is 0. The molecule has 0 atom stereocenters. The molecule has 0 aliphatic rings. The van der Waals surface area contributed by atoms with E-state index >= 15 is 0 Å². The summed E-state index contributed by atoms with van der Waals surface area (Å²) in [7, 11) is 1.25. The number of hydrogen-bond acceptors (Lipinski definition) is 4. The highest BCUT2D eigenvalue weighted by molar-refractivity contribution is 8.69. The van der Waals surface area contributed by atoms with Crippen LogP contribution in [0.5, 0.6) is 0 Å². The molecular formula is C12H25NO2S2. The van der Waals surface area contributed by atoms with Gasteiger partial charge in [0.2, 0.25) is 5.91 Å². The summed E-state index contributed by atoms with van der Waals surface area (Å²) >= 11 is 4.08. The summed E-state index contributed by atoms with van der Waals surface area (Å²) in [6.07, 6.45) is 1.03. The third-order valence-corrected chi connectivity index (χ3v) is 4.31. The minimum atomic E-state index is -0.492. The first-order valence-corrected chi connectivity index (χ1v) is 7.74. The standard InChI is InChI=1S/C12H25NO2S2/c1-11(2,3)6-8-15-9-7-13-10(14)12(4,5)17-16/h16H,6-9H2,1-5H3,(H,13,14). The highest BCUT2D eigenvalue weighted by Crippen LogP contribution is 2.27. The van der Waals surface area contributed by atoms with E-state index in [1.807, 2.05) is 13.8 Å². The first-order chi connectivity index (χ1) is 7.69. The molecular weight excluding hydrogens is 254 g/mol. The van der Waals surface area contributed by atoms with Crippen molar-refractivity contribution in [1.82, 2.24) is 5.32 Å². The van der Waals surface area contributed by atoms with E-state index in [0.717, 1.165) is 13.0 Å². The highest BCUT2D eigenvalue weighted by Gasteiger charge is 2.26. The Bertz CT molecular complexity index is 237. The number of thiol groups is 1. The Hall–Kier alpha value is 0.130. The normalized spacial score (nSPS) is 12.6. The van der Waals surface area contributed by atoms with Crippen molar-refractivity contribution in [2.75, 3.05) is 19.8 Å². The van der Waals surface area contributed by atoms with E-state index in [1.54, 1.807) is 0 Å². The first kappa shape index (κ1) is 17.1. The van der Waals surface area contributed by atoms with Crippen LogP contribution in [0, 0.1) is 5.41 Å². The highest BCUT2D eigenvalue weighted by atomic mass is 33.1. The van der Waals surface area contributed by atoms with Gasteiger partial charge in [-0.3, -0.25) is 4.79 Å². The Morgan fingerprint density at radius 2 is 1.82 bits per heavy atom. The summed E-state index contributed by atoms with van der Waals surface area (Å²) in [5.41, 5.74) is 0.300. The third-order valence-electron chi connectivity index (χ3n) is 2.30. The molecule has 0 saturated carbocycles. The van der Waals surface area contributed by atoms with E-state index in [0.29, 0.717) is 18.6 Å². The van der Waals surface area contributed by atoms with Crippen molar-refractivity contribution in [1.29, 1.82) is 0 Å². The lowest BCUT2D eigenvalue weighted by Gasteiger charge is -2.20. The van der Waals surface area contributed by atoms with Crippen molar-refractivity contribution in [3.8, 4) is 0 Å². The average molecular weight is 279 g/mol. The lowest BCUT2D eigenvalue weighted by Crippen LogP contribution is -2.40. The molecule has 0 rings (SSSR count). The second kappa shape index (κ2) is 7.54. The second-order valence-corrected chi connectivity index (χ2v) is 7.53. The molecule has 0 fully saturated rings. The number of hydrogen-bond donors (Lipinski definition) is 2. The average Bonchev–Trinajstić information content (AvgIpc) is 2.21. The summed E-state index contributed by atoms with van der Waals surface area (Å²) in [6.45, 7) is 12.1. The summed E-state index contributed by atoms with van der Waals surface area (Å²) in [5.74, 6) is -0.00285. The monoisotopic (exact) mass is 279 g/mol. The molecule has 0 heterocycles. The number of amides is 1. The predicted octanol–water partition coefficient (Wildman–Crippen LogP) is 2.91. The van der Waals surface area contributed by atoms with Crippen LogP contribution in [0.4, 0.5) is 0 Å². The van der Waals surface area contributed by atoms with Gasteiger partial charge in [0, 0.05) is 13.2 Å². The molecule has 0 unspecified atom stereocenters. The minimum Gasteiger partial charge on any atom is -0.380 e. The van der Waals surface area contributed by atoms with Gasteiger partial charge in [-0.05, 0) is 25.7 Å². The van der Waals surface area contributed by atoms with Crippen molar-refractivity contribution in [2.45, 2.75) is 45.8 Å². The van der Waals surface area contributed by atoms with Gasteiger partial charge >= 0.3 is 0 Å². The molecule has 0 aliphatic carbocycles. The predicted molar refractivity (Wildman–Crippen MR) is 78.6 cm³/mol. The van der Waals surface area contributed by atoms with Gasteiger partial charge in [0.25, 0.3) is 0 Å². The van der Waals surface area contributed by atoms with Crippen LogP contribution in [0.25, 0.3) is 0 Å². The van der Waals surface area contributed by atoms with Crippen LogP contribution in [0.15, 0.2) is 0 Å². The zero-order chi connectivity index (χ0) is 13.5. The number of ether oxygens (including phenoxy) is 1. The maximum atomic E-state index is 11.7. The van der Waals surface area contributed by atoms with Gasteiger partial charge in [-0.15, -0.1) is 11.7 Å².